The molecule has 0 aromatic rings. The highest BCUT2D eigenvalue weighted by molar-refractivity contribution is 5.97. The van der Waals surface area contributed by atoms with E-state index < -0.39 is 11.6 Å². The van der Waals surface area contributed by atoms with Crippen molar-refractivity contribution < 1.29 is 18.7 Å². The molecule has 1 aliphatic heterocycles. The molecule has 0 atom stereocenters. The molecule has 0 aromatic heterocycles. The van der Waals surface area contributed by atoms with Gasteiger partial charge in [0.25, 0.3) is 0 Å². The van der Waals surface area contributed by atoms with Gasteiger partial charge >= 0.3 is 11.6 Å². The number of furan rings is 1. The van der Waals surface area contributed by atoms with Crippen LogP contribution in [-0.4, -0.2) is 19.2 Å². The number of carbonyl (C=O) groups is 1. The van der Waals surface area contributed by atoms with Crippen LogP contribution in [0, 0.1) is 0 Å². The minimum atomic E-state index is -0.708. The van der Waals surface area contributed by atoms with Gasteiger partial charge in [-0.25, -0.2) is 9.59 Å². The number of carbonyl (C=O) groups excluding carboxylic acids is 1. The Bertz CT molecular complexity index is 614. The van der Waals surface area contributed by atoms with Crippen molar-refractivity contribution >= 4 is 5.97 Å². The molecule has 0 unspecified atom stereocenters. The molecule has 0 aromatic carbocycles. The second-order valence-corrected chi connectivity index (χ2v) is 3.74. The number of hydrogen-bond acceptors (Lipinski definition) is 5. The lowest BCUT2D eigenvalue weighted by molar-refractivity contribution is 0.0524. The van der Waals surface area contributed by atoms with Crippen LogP contribution < -0.4 is 10.4 Å². The zero-order chi connectivity index (χ0) is 13.8. The van der Waals surface area contributed by atoms with E-state index in [4.69, 9.17) is 13.9 Å². The Morgan fingerprint density at radius 2 is 1.95 bits per heavy atom. The summed E-state index contributed by atoms with van der Waals surface area (Å²) in [5, 5.41) is 0. The van der Waals surface area contributed by atoms with Crippen LogP contribution in [0.2, 0.25) is 0 Å². The summed E-state index contributed by atoms with van der Waals surface area (Å²) in [5.74, 6) is 0.00921. The van der Waals surface area contributed by atoms with Crippen molar-refractivity contribution in [1.82, 2.24) is 0 Å². The van der Waals surface area contributed by atoms with E-state index in [9.17, 15) is 9.59 Å². The minimum Gasteiger partial charge on any atom is -0.490 e. The van der Waals surface area contributed by atoms with Crippen LogP contribution >= 0.6 is 0 Å². The van der Waals surface area contributed by atoms with Crippen molar-refractivity contribution in [1.29, 1.82) is 0 Å². The molecule has 100 valence electrons. The zero-order valence-corrected chi connectivity index (χ0v) is 10.8. The molecule has 19 heavy (non-hydrogen) atoms. The first kappa shape index (κ1) is 13.1. The topological polar surface area (TPSA) is 65.7 Å². The molecular weight excluding hydrogens is 248 g/mol. The van der Waals surface area contributed by atoms with Gasteiger partial charge in [0.15, 0.2) is 17.1 Å². The quantitative estimate of drug-likeness (QED) is 0.791. The van der Waals surface area contributed by atoms with Gasteiger partial charge in [-0.1, -0.05) is 12.1 Å². The molecule has 5 nitrogen and oxygen atoms in total. The van der Waals surface area contributed by atoms with Crippen LogP contribution in [0.1, 0.15) is 24.2 Å². The number of ether oxygens (including phenoxy) is 2. The van der Waals surface area contributed by atoms with Gasteiger partial charge in [-0.15, -0.1) is 0 Å². The van der Waals surface area contributed by atoms with Gasteiger partial charge in [0.1, 0.15) is 0 Å². The maximum absolute atomic E-state index is 11.8. The Morgan fingerprint density at radius 1 is 1.21 bits per heavy atom. The average Bonchev–Trinajstić information content (AvgIpc) is 2.59. The third-order valence-electron chi connectivity index (χ3n) is 2.54. The fraction of sp³-hybridized carbons (Fsp3) is 0.286. The maximum atomic E-state index is 11.8. The van der Waals surface area contributed by atoms with Gasteiger partial charge in [0, 0.05) is 5.56 Å². The monoisotopic (exact) mass is 262 g/mol. The summed E-state index contributed by atoms with van der Waals surface area (Å²) >= 11 is 0. The third kappa shape index (κ3) is 2.45. The van der Waals surface area contributed by atoms with E-state index >= 15 is 0 Å². The SMILES string of the molecule is CCOC(=O)c1c2ccccc(OCC)c-2oc1=O. The van der Waals surface area contributed by atoms with E-state index in [1.165, 1.54) is 0 Å². The number of hydrogen-bond donors (Lipinski definition) is 0. The van der Waals surface area contributed by atoms with Crippen LogP contribution in [0.15, 0.2) is 33.5 Å². The molecule has 2 rings (SSSR count). The van der Waals surface area contributed by atoms with Gasteiger partial charge in [0.2, 0.25) is 0 Å². The van der Waals surface area contributed by atoms with Crippen molar-refractivity contribution in [2.75, 3.05) is 13.2 Å². The van der Waals surface area contributed by atoms with Gasteiger partial charge in [-0.2, -0.15) is 0 Å². The third-order valence-corrected chi connectivity index (χ3v) is 2.54. The van der Waals surface area contributed by atoms with Gasteiger partial charge < -0.3 is 13.9 Å². The van der Waals surface area contributed by atoms with E-state index in [-0.39, 0.29) is 17.9 Å². The Morgan fingerprint density at radius 3 is 2.63 bits per heavy atom. The van der Waals surface area contributed by atoms with Crippen LogP contribution in [0.4, 0.5) is 0 Å². The predicted octanol–water partition coefficient (Wildman–Crippen LogP) is 2.32. The van der Waals surface area contributed by atoms with Crippen LogP contribution in [0.5, 0.6) is 5.75 Å². The lowest BCUT2D eigenvalue weighted by atomic mass is 10.1. The van der Waals surface area contributed by atoms with Crippen LogP contribution in [-0.2, 0) is 4.74 Å². The number of rotatable bonds is 4. The summed E-state index contributed by atoms with van der Waals surface area (Å²) in [6, 6.07) is 6.78. The molecule has 0 spiro atoms. The lowest BCUT2D eigenvalue weighted by Crippen LogP contribution is -2.13. The zero-order valence-electron chi connectivity index (χ0n) is 10.8. The normalized spacial score (nSPS) is 10.4. The molecule has 0 saturated heterocycles. The molecule has 5 heteroatoms. The van der Waals surface area contributed by atoms with E-state index in [0.717, 1.165) is 0 Å². The maximum Gasteiger partial charge on any atom is 0.351 e. The molecule has 0 saturated carbocycles. The van der Waals surface area contributed by atoms with Crippen molar-refractivity contribution in [2.45, 2.75) is 13.8 Å². The number of esters is 1. The van der Waals surface area contributed by atoms with E-state index in [2.05, 4.69) is 0 Å². The van der Waals surface area contributed by atoms with Crippen LogP contribution in [0.3, 0.4) is 0 Å². The minimum absolute atomic E-state index is 0.0889. The molecule has 0 N–H and O–H groups in total. The summed E-state index contributed by atoms with van der Waals surface area (Å²) in [5.41, 5.74) is -0.397. The molecule has 2 aliphatic rings. The smallest absolute Gasteiger partial charge is 0.351 e. The Balaban J connectivity index is 2.61. The Kier molecular flexibility index (Phi) is 3.85. The molecule has 1 aliphatic carbocycles. The highest BCUT2D eigenvalue weighted by atomic mass is 16.5. The molecule has 0 radical (unpaired) electrons. The summed E-state index contributed by atoms with van der Waals surface area (Å²) in [7, 11) is 0. The Labute approximate surface area is 110 Å². The highest BCUT2D eigenvalue weighted by Gasteiger charge is 2.26. The first-order valence-corrected chi connectivity index (χ1v) is 6.04. The fourth-order valence-electron chi connectivity index (χ4n) is 1.80. The van der Waals surface area contributed by atoms with Crippen molar-refractivity contribution in [3.8, 4) is 17.1 Å². The van der Waals surface area contributed by atoms with Gasteiger partial charge in [-0.05, 0) is 26.0 Å². The molecule has 1 heterocycles. The second-order valence-electron chi connectivity index (χ2n) is 3.74. The molecule has 0 amide bonds. The van der Waals surface area contributed by atoms with Crippen LogP contribution in [0.25, 0.3) is 11.3 Å². The first-order chi connectivity index (χ1) is 9.19. The summed E-state index contributed by atoms with van der Waals surface area (Å²) in [6.45, 7) is 4.13. The van der Waals surface area contributed by atoms with Crippen molar-refractivity contribution in [2.24, 2.45) is 0 Å². The predicted molar refractivity (Wildman–Crippen MR) is 68.7 cm³/mol. The fourth-order valence-corrected chi connectivity index (χ4v) is 1.80. The Hall–Kier alpha value is -2.30. The van der Waals surface area contributed by atoms with E-state index in [0.29, 0.717) is 17.9 Å². The largest absolute Gasteiger partial charge is 0.490 e. The summed E-state index contributed by atoms with van der Waals surface area (Å²) < 4.78 is 15.4. The molecular formula is C14H14O5. The van der Waals surface area contributed by atoms with E-state index in [1.54, 1.807) is 31.2 Å². The number of fused-ring (bicyclic) bond motifs is 1. The lowest BCUT2D eigenvalue weighted by Gasteiger charge is -2.03. The summed E-state index contributed by atoms with van der Waals surface area (Å²) in [6.07, 6.45) is 0. The second kappa shape index (κ2) is 5.56. The first-order valence-electron chi connectivity index (χ1n) is 6.04. The average molecular weight is 262 g/mol. The standard InChI is InChI=1S/C14H14O5/c1-3-17-10-8-6-5-7-9-11(13(15)18-4-2)14(16)19-12(9)10/h5-8H,3-4H2,1-2H3. The molecule has 0 bridgehead atoms. The van der Waals surface area contributed by atoms with Crippen molar-refractivity contribution in [3.63, 3.8) is 0 Å². The van der Waals surface area contributed by atoms with E-state index in [1.807, 2.05) is 6.92 Å². The van der Waals surface area contributed by atoms with Crippen molar-refractivity contribution in [3.05, 3.63) is 40.2 Å². The summed E-state index contributed by atoms with van der Waals surface area (Å²) in [4.78, 5) is 23.6. The molecule has 0 fully saturated rings. The van der Waals surface area contributed by atoms with Gasteiger partial charge in [-0.3, -0.25) is 0 Å². The highest BCUT2D eigenvalue weighted by Crippen LogP contribution is 2.32. The van der Waals surface area contributed by atoms with Gasteiger partial charge in [0.05, 0.1) is 13.2 Å².